The number of anilines is 2. The maximum atomic E-state index is 14.0. The number of nitrogens with two attached hydrogens (primary N) is 1. The van der Waals surface area contributed by atoms with Crippen LogP contribution in [0.3, 0.4) is 0 Å². The highest BCUT2D eigenvalue weighted by atomic mass is 35.5. The Kier molecular flexibility index (Phi) is 5.92. The topological polar surface area (TPSA) is 93.3 Å². The van der Waals surface area contributed by atoms with Gasteiger partial charge in [-0.25, -0.2) is 9.37 Å². The van der Waals surface area contributed by atoms with Gasteiger partial charge in [-0.2, -0.15) is 15.0 Å². The summed E-state index contributed by atoms with van der Waals surface area (Å²) >= 11 is 6.18. The Balaban J connectivity index is 1.54. The maximum Gasteiger partial charge on any atom is 0.322 e. The first-order chi connectivity index (χ1) is 14.4. The minimum atomic E-state index is -0.812. The van der Waals surface area contributed by atoms with Crippen molar-refractivity contribution >= 4 is 23.4 Å². The number of fused-ring (bicyclic) bond motifs is 1. The second kappa shape index (κ2) is 8.47. The van der Waals surface area contributed by atoms with E-state index in [0.717, 1.165) is 24.9 Å². The number of aromatic nitrogens is 4. The Morgan fingerprint density at radius 1 is 1.43 bits per heavy atom. The van der Waals surface area contributed by atoms with Crippen molar-refractivity contribution in [2.24, 2.45) is 0 Å². The number of pyridine rings is 1. The van der Waals surface area contributed by atoms with Crippen LogP contribution >= 0.6 is 11.6 Å². The van der Waals surface area contributed by atoms with Crippen molar-refractivity contribution < 1.29 is 9.13 Å². The van der Waals surface area contributed by atoms with Crippen LogP contribution in [0.4, 0.5) is 16.2 Å². The number of ether oxygens (including phenoxy) is 1. The summed E-state index contributed by atoms with van der Waals surface area (Å²) in [6, 6.07) is 3.80. The van der Waals surface area contributed by atoms with Crippen molar-refractivity contribution in [2.45, 2.75) is 50.9 Å². The summed E-state index contributed by atoms with van der Waals surface area (Å²) in [4.78, 5) is 21.2. The number of halogens is 2. The Morgan fingerprint density at radius 2 is 2.27 bits per heavy atom. The molecule has 2 saturated heterocycles. The maximum absolute atomic E-state index is 14.0. The van der Waals surface area contributed by atoms with Crippen LogP contribution in [0.5, 0.6) is 6.01 Å². The van der Waals surface area contributed by atoms with E-state index < -0.39 is 6.17 Å². The first-order valence-electron chi connectivity index (χ1n) is 10.3. The third-order valence-corrected chi connectivity index (χ3v) is 6.36. The molecule has 4 heterocycles. The quantitative estimate of drug-likeness (QED) is 0.709. The third kappa shape index (κ3) is 4.00. The molecule has 0 aromatic carbocycles. The smallest absolute Gasteiger partial charge is 0.322 e. The van der Waals surface area contributed by atoms with Gasteiger partial charge in [0.05, 0.1) is 11.6 Å². The molecule has 0 bridgehead atoms. The van der Waals surface area contributed by atoms with Crippen LogP contribution in [0.25, 0.3) is 0 Å². The van der Waals surface area contributed by atoms with E-state index in [-0.39, 0.29) is 22.9 Å². The van der Waals surface area contributed by atoms with E-state index in [0.29, 0.717) is 37.9 Å². The van der Waals surface area contributed by atoms with Crippen LogP contribution in [-0.4, -0.2) is 62.8 Å². The molecule has 0 aliphatic carbocycles. The first kappa shape index (κ1) is 21.0. The van der Waals surface area contributed by atoms with E-state index in [1.165, 1.54) is 0 Å². The van der Waals surface area contributed by atoms with Crippen molar-refractivity contribution in [3.63, 3.8) is 0 Å². The van der Waals surface area contributed by atoms with Crippen molar-refractivity contribution in [3.05, 3.63) is 29.2 Å². The van der Waals surface area contributed by atoms with Crippen LogP contribution in [-0.2, 0) is 0 Å². The van der Waals surface area contributed by atoms with Crippen LogP contribution in [0.1, 0.15) is 44.7 Å². The SMILES string of the molecule is CCN(c1nc(Cl)nc(OC[C@@]23CCCN2C[C@H](F)C3)n1)C(C)c1cccnc1N. The minimum absolute atomic E-state index is 0.0513. The monoisotopic (exact) mass is 435 g/mol. The molecule has 4 rings (SSSR count). The van der Waals surface area contributed by atoms with Crippen molar-refractivity contribution in [1.29, 1.82) is 0 Å². The van der Waals surface area contributed by atoms with Crippen LogP contribution < -0.4 is 15.4 Å². The van der Waals surface area contributed by atoms with Gasteiger partial charge in [0.15, 0.2) is 0 Å². The molecule has 0 radical (unpaired) electrons. The summed E-state index contributed by atoms with van der Waals surface area (Å²) in [6.45, 7) is 6.34. The number of nitrogen functional groups attached to an aromatic ring is 1. The van der Waals surface area contributed by atoms with Gasteiger partial charge in [-0.05, 0) is 50.9 Å². The van der Waals surface area contributed by atoms with Gasteiger partial charge in [0.1, 0.15) is 18.6 Å². The highest BCUT2D eigenvalue weighted by Gasteiger charge is 2.49. The molecule has 3 atom stereocenters. The van der Waals surface area contributed by atoms with Gasteiger partial charge >= 0.3 is 6.01 Å². The molecule has 0 saturated carbocycles. The standard InChI is InChI=1S/C20H27ClFN7O/c1-3-29(13(2)15-6-4-8-24-16(15)23)18-25-17(21)26-19(27-18)30-12-20-7-5-9-28(20)11-14(22)10-20/h4,6,8,13-14H,3,5,7,9-12H2,1-2H3,(H2,23,24)/t13?,14-,20+/m1/s1. The summed E-state index contributed by atoms with van der Waals surface area (Å²) < 4.78 is 19.9. The Bertz CT molecular complexity index is 903. The number of hydrogen-bond donors (Lipinski definition) is 1. The van der Waals surface area contributed by atoms with Gasteiger partial charge in [-0.15, -0.1) is 0 Å². The van der Waals surface area contributed by atoms with Gasteiger partial charge in [0.25, 0.3) is 0 Å². The highest BCUT2D eigenvalue weighted by Crippen LogP contribution is 2.40. The predicted octanol–water partition coefficient (Wildman–Crippen LogP) is 3.04. The molecule has 2 fully saturated rings. The lowest BCUT2D eigenvalue weighted by Gasteiger charge is -2.31. The molecule has 0 amide bonds. The Hall–Kier alpha value is -2.26. The van der Waals surface area contributed by atoms with E-state index in [1.54, 1.807) is 6.20 Å². The van der Waals surface area contributed by atoms with Crippen molar-refractivity contribution in [3.8, 4) is 6.01 Å². The van der Waals surface area contributed by atoms with E-state index >= 15 is 0 Å². The Labute approximate surface area is 180 Å². The summed E-state index contributed by atoms with van der Waals surface area (Å²) in [5.41, 5.74) is 6.65. The van der Waals surface area contributed by atoms with Crippen LogP contribution in [0, 0.1) is 0 Å². The summed E-state index contributed by atoms with van der Waals surface area (Å²) in [6.07, 6.45) is 3.29. The first-order valence-corrected chi connectivity index (χ1v) is 10.7. The molecule has 10 heteroatoms. The van der Waals surface area contributed by atoms with Crippen LogP contribution in [0.2, 0.25) is 5.28 Å². The zero-order valence-corrected chi connectivity index (χ0v) is 18.0. The summed E-state index contributed by atoms with van der Waals surface area (Å²) in [5, 5.41) is 0.0513. The van der Waals surface area contributed by atoms with Gasteiger partial charge in [0, 0.05) is 31.3 Å². The van der Waals surface area contributed by atoms with Crippen LogP contribution in [0.15, 0.2) is 18.3 Å². The van der Waals surface area contributed by atoms with E-state index in [9.17, 15) is 4.39 Å². The molecule has 2 aliphatic heterocycles. The fourth-order valence-electron chi connectivity index (χ4n) is 4.70. The summed E-state index contributed by atoms with van der Waals surface area (Å²) in [7, 11) is 0. The zero-order chi connectivity index (χ0) is 21.3. The third-order valence-electron chi connectivity index (χ3n) is 6.19. The van der Waals surface area contributed by atoms with Crippen molar-refractivity contribution in [1.82, 2.24) is 24.8 Å². The van der Waals surface area contributed by atoms with E-state index in [2.05, 4.69) is 24.8 Å². The normalized spacial score (nSPS) is 24.6. The molecule has 30 heavy (non-hydrogen) atoms. The second-order valence-corrected chi connectivity index (χ2v) is 8.33. The fraction of sp³-hybridized carbons (Fsp3) is 0.600. The predicted molar refractivity (Wildman–Crippen MR) is 113 cm³/mol. The highest BCUT2D eigenvalue weighted by molar-refractivity contribution is 6.28. The van der Waals surface area contributed by atoms with Crippen molar-refractivity contribution in [2.75, 3.05) is 36.9 Å². The van der Waals surface area contributed by atoms with E-state index in [1.807, 2.05) is 30.9 Å². The van der Waals surface area contributed by atoms with E-state index in [4.69, 9.17) is 22.1 Å². The fourth-order valence-corrected chi connectivity index (χ4v) is 4.85. The molecule has 2 aromatic heterocycles. The largest absolute Gasteiger partial charge is 0.461 e. The Morgan fingerprint density at radius 3 is 3.03 bits per heavy atom. The molecular formula is C20H27ClFN7O. The molecule has 2 aliphatic rings. The lowest BCUT2D eigenvalue weighted by atomic mass is 9.95. The molecule has 162 valence electrons. The lowest BCUT2D eigenvalue weighted by Crippen LogP contribution is -2.43. The van der Waals surface area contributed by atoms with Gasteiger partial charge in [0.2, 0.25) is 11.2 Å². The number of alkyl halides is 1. The average molecular weight is 436 g/mol. The lowest BCUT2D eigenvalue weighted by molar-refractivity contribution is 0.107. The summed E-state index contributed by atoms with van der Waals surface area (Å²) in [5.74, 6) is 0.862. The molecule has 0 spiro atoms. The second-order valence-electron chi connectivity index (χ2n) is 7.99. The number of rotatable bonds is 7. The molecule has 1 unspecified atom stereocenters. The molecule has 2 N–H and O–H groups in total. The minimum Gasteiger partial charge on any atom is -0.461 e. The number of hydrogen-bond acceptors (Lipinski definition) is 8. The zero-order valence-electron chi connectivity index (χ0n) is 17.3. The molecule has 2 aromatic rings. The number of nitrogens with zero attached hydrogens (tertiary/aromatic N) is 6. The van der Waals surface area contributed by atoms with Gasteiger partial charge in [-0.1, -0.05) is 6.07 Å². The molecular weight excluding hydrogens is 409 g/mol. The van der Waals surface area contributed by atoms with Gasteiger partial charge < -0.3 is 15.4 Å². The van der Waals surface area contributed by atoms with Gasteiger partial charge in [-0.3, -0.25) is 4.90 Å². The average Bonchev–Trinajstić information content (AvgIpc) is 3.22. The molecule has 8 nitrogen and oxygen atoms in total.